The molecular formula is C25H24N2O3S. The van der Waals surface area contributed by atoms with Crippen molar-refractivity contribution in [3.8, 4) is 17.6 Å². The van der Waals surface area contributed by atoms with Crippen molar-refractivity contribution in [2.24, 2.45) is 0 Å². The monoisotopic (exact) mass is 432 g/mol. The molecule has 5 nitrogen and oxygen atoms in total. The summed E-state index contributed by atoms with van der Waals surface area (Å²) in [5.41, 5.74) is 2.04. The lowest BCUT2D eigenvalue weighted by molar-refractivity contribution is -0.116. The zero-order chi connectivity index (χ0) is 21.9. The number of carbonyl (C=O) groups excluding carboxylic acids is 2. The van der Waals surface area contributed by atoms with E-state index in [0.717, 1.165) is 10.4 Å². The highest BCUT2D eigenvalue weighted by Gasteiger charge is 2.11. The van der Waals surface area contributed by atoms with E-state index in [2.05, 4.69) is 22.5 Å². The van der Waals surface area contributed by atoms with Crippen molar-refractivity contribution in [1.82, 2.24) is 5.32 Å². The maximum Gasteiger partial charge on any atom is 0.255 e. The van der Waals surface area contributed by atoms with Crippen molar-refractivity contribution >= 4 is 28.8 Å². The molecule has 2 N–H and O–H groups in total. The van der Waals surface area contributed by atoms with Crippen molar-refractivity contribution in [2.45, 2.75) is 19.8 Å². The first kappa shape index (κ1) is 22.1. The first-order valence-corrected chi connectivity index (χ1v) is 11.0. The van der Waals surface area contributed by atoms with Crippen LogP contribution < -0.4 is 15.4 Å². The molecule has 0 aliphatic heterocycles. The largest absolute Gasteiger partial charge is 0.493 e. The van der Waals surface area contributed by atoms with Gasteiger partial charge in [0.05, 0.1) is 17.0 Å². The zero-order valence-corrected chi connectivity index (χ0v) is 18.1. The van der Waals surface area contributed by atoms with Crippen LogP contribution in [0.3, 0.4) is 0 Å². The fraction of sp³-hybridized carbons (Fsp3) is 0.200. The predicted molar refractivity (Wildman–Crippen MR) is 125 cm³/mol. The Bertz CT molecular complexity index is 1080. The minimum absolute atomic E-state index is 0.104. The van der Waals surface area contributed by atoms with Gasteiger partial charge in [0.2, 0.25) is 5.91 Å². The van der Waals surface area contributed by atoms with Crippen molar-refractivity contribution in [1.29, 1.82) is 0 Å². The van der Waals surface area contributed by atoms with Crippen molar-refractivity contribution in [3.63, 3.8) is 0 Å². The van der Waals surface area contributed by atoms with Crippen LogP contribution in [-0.2, 0) is 4.79 Å². The molecule has 0 aliphatic rings. The van der Waals surface area contributed by atoms with Crippen LogP contribution in [0.1, 0.15) is 40.6 Å². The van der Waals surface area contributed by atoms with Gasteiger partial charge in [-0.2, -0.15) is 0 Å². The van der Waals surface area contributed by atoms with Gasteiger partial charge in [-0.1, -0.05) is 36.1 Å². The molecule has 0 bridgehead atoms. The molecule has 0 spiro atoms. The number of para-hydroxylation sites is 1. The molecular weight excluding hydrogens is 408 g/mol. The summed E-state index contributed by atoms with van der Waals surface area (Å²) >= 11 is 1.59. The highest BCUT2D eigenvalue weighted by molar-refractivity contribution is 7.10. The Labute approximate surface area is 186 Å². The first-order chi connectivity index (χ1) is 15.2. The molecule has 0 fully saturated rings. The fourth-order valence-corrected chi connectivity index (χ4v) is 3.43. The third-order valence-corrected chi connectivity index (χ3v) is 5.08. The fourth-order valence-electron chi connectivity index (χ4n) is 2.86. The third kappa shape index (κ3) is 7.02. The number of hydrogen-bond donors (Lipinski definition) is 2. The van der Waals surface area contributed by atoms with Crippen LogP contribution in [0.4, 0.5) is 5.69 Å². The Hall–Kier alpha value is -3.56. The molecule has 0 radical (unpaired) electrons. The predicted octanol–water partition coefficient (Wildman–Crippen LogP) is 4.70. The van der Waals surface area contributed by atoms with E-state index in [0.29, 0.717) is 43.0 Å². The molecule has 6 heteroatoms. The van der Waals surface area contributed by atoms with E-state index in [1.807, 2.05) is 54.8 Å². The number of nitrogens with one attached hydrogen (secondary N) is 2. The minimum atomic E-state index is -0.207. The van der Waals surface area contributed by atoms with Crippen LogP contribution >= 0.6 is 11.3 Å². The number of rotatable bonds is 8. The van der Waals surface area contributed by atoms with Gasteiger partial charge in [0, 0.05) is 24.2 Å². The van der Waals surface area contributed by atoms with E-state index in [1.165, 1.54) is 0 Å². The molecule has 158 valence electrons. The molecule has 0 aliphatic carbocycles. The van der Waals surface area contributed by atoms with Gasteiger partial charge in [0.25, 0.3) is 5.91 Å². The number of benzene rings is 2. The Balaban J connectivity index is 1.44. The lowest BCUT2D eigenvalue weighted by Crippen LogP contribution is -2.26. The van der Waals surface area contributed by atoms with Gasteiger partial charge >= 0.3 is 0 Å². The summed E-state index contributed by atoms with van der Waals surface area (Å²) in [5, 5.41) is 7.71. The maximum absolute atomic E-state index is 12.4. The second-order valence-corrected chi connectivity index (χ2v) is 7.59. The van der Waals surface area contributed by atoms with Gasteiger partial charge in [-0.3, -0.25) is 9.59 Å². The summed E-state index contributed by atoms with van der Waals surface area (Å²) in [4.78, 5) is 25.6. The van der Waals surface area contributed by atoms with E-state index < -0.39 is 0 Å². The highest BCUT2D eigenvalue weighted by atomic mass is 32.1. The van der Waals surface area contributed by atoms with E-state index in [-0.39, 0.29) is 11.8 Å². The van der Waals surface area contributed by atoms with Gasteiger partial charge in [0.15, 0.2) is 0 Å². The topological polar surface area (TPSA) is 67.4 Å². The van der Waals surface area contributed by atoms with Crippen LogP contribution in [0.15, 0.2) is 66.0 Å². The first-order valence-electron chi connectivity index (χ1n) is 10.1. The molecule has 2 aromatic carbocycles. The Morgan fingerprint density at radius 1 is 1.03 bits per heavy atom. The smallest absolute Gasteiger partial charge is 0.255 e. The standard InChI is InChI=1S/C25H24N2O3S/c1-2-30-23-12-4-3-11-22(23)25(29)26-16-6-13-24(28)27-20-9-5-8-19(18-20)14-15-21-10-7-17-31-21/h3-5,7-12,17-18H,2,6,13,16H2,1H3,(H,26,29)(H,27,28). The van der Waals surface area contributed by atoms with Crippen LogP contribution in [0.25, 0.3) is 0 Å². The summed E-state index contributed by atoms with van der Waals surface area (Å²) in [7, 11) is 0. The molecule has 31 heavy (non-hydrogen) atoms. The van der Waals surface area contributed by atoms with Crippen LogP contribution in [0.2, 0.25) is 0 Å². The molecule has 0 saturated heterocycles. The van der Waals surface area contributed by atoms with E-state index in [4.69, 9.17) is 4.74 Å². The summed E-state index contributed by atoms with van der Waals surface area (Å²) in [5.74, 6) is 6.46. The van der Waals surface area contributed by atoms with E-state index in [1.54, 1.807) is 29.5 Å². The number of carbonyl (C=O) groups is 2. The minimum Gasteiger partial charge on any atom is -0.493 e. The van der Waals surface area contributed by atoms with Gasteiger partial charge < -0.3 is 15.4 Å². The molecule has 0 saturated carbocycles. The van der Waals surface area contributed by atoms with Gasteiger partial charge in [-0.25, -0.2) is 0 Å². The normalized spacial score (nSPS) is 9.97. The third-order valence-electron chi connectivity index (χ3n) is 4.30. The molecule has 2 amide bonds. The lowest BCUT2D eigenvalue weighted by atomic mass is 10.2. The van der Waals surface area contributed by atoms with Gasteiger partial charge in [0.1, 0.15) is 5.75 Å². The van der Waals surface area contributed by atoms with Crippen molar-refractivity contribution in [2.75, 3.05) is 18.5 Å². The quantitative estimate of drug-likeness (QED) is 0.401. The molecule has 0 atom stereocenters. The molecule has 3 aromatic rings. The molecule has 0 unspecified atom stereocenters. The van der Waals surface area contributed by atoms with Crippen LogP contribution in [-0.4, -0.2) is 25.0 Å². The summed E-state index contributed by atoms with van der Waals surface area (Å²) in [6.07, 6.45) is 0.838. The van der Waals surface area contributed by atoms with Crippen LogP contribution in [0, 0.1) is 11.8 Å². The van der Waals surface area contributed by atoms with E-state index >= 15 is 0 Å². The maximum atomic E-state index is 12.4. The number of ether oxygens (including phenoxy) is 1. The SMILES string of the molecule is CCOc1ccccc1C(=O)NCCCC(=O)Nc1cccc(C#Cc2cccs2)c1. The Morgan fingerprint density at radius 3 is 2.71 bits per heavy atom. The number of anilines is 1. The second kappa shape index (κ2) is 11.6. The van der Waals surface area contributed by atoms with Crippen molar-refractivity contribution in [3.05, 3.63) is 82.0 Å². The number of amides is 2. The lowest BCUT2D eigenvalue weighted by Gasteiger charge is -2.10. The van der Waals surface area contributed by atoms with Gasteiger partial charge in [-0.05, 0) is 55.1 Å². The number of hydrogen-bond acceptors (Lipinski definition) is 4. The van der Waals surface area contributed by atoms with Crippen molar-refractivity contribution < 1.29 is 14.3 Å². The van der Waals surface area contributed by atoms with Crippen LogP contribution in [0.5, 0.6) is 5.75 Å². The average Bonchev–Trinajstić information content (AvgIpc) is 3.30. The molecule has 1 aromatic heterocycles. The molecule has 3 rings (SSSR count). The Kier molecular flexibility index (Phi) is 8.27. The Morgan fingerprint density at radius 2 is 1.90 bits per heavy atom. The molecule has 1 heterocycles. The average molecular weight is 433 g/mol. The number of thiophene rings is 1. The highest BCUT2D eigenvalue weighted by Crippen LogP contribution is 2.17. The summed E-state index contributed by atoms with van der Waals surface area (Å²) in [6, 6.07) is 18.5. The zero-order valence-electron chi connectivity index (χ0n) is 17.3. The van der Waals surface area contributed by atoms with Gasteiger partial charge in [-0.15, -0.1) is 11.3 Å². The summed E-state index contributed by atoms with van der Waals surface area (Å²) in [6.45, 7) is 2.77. The van der Waals surface area contributed by atoms with E-state index in [9.17, 15) is 9.59 Å². The second-order valence-electron chi connectivity index (χ2n) is 6.64. The summed E-state index contributed by atoms with van der Waals surface area (Å²) < 4.78 is 5.48.